The number of alkyl halides is 3. The third-order valence-electron chi connectivity index (χ3n) is 2.05. The number of ether oxygens (including phenoxy) is 2. The molecule has 1 N–H and O–H groups in total. The van der Waals surface area contributed by atoms with Gasteiger partial charge >= 0.3 is 6.18 Å². The monoisotopic (exact) mass is 241 g/mol. The fourth-order valence-electron chi connectivity index (χ4n) is 1.34. The molecule has 1 atom stereocenters. The molecule has 1 saturated heterocycles. The summed E-state index contributed by atoms with van der Waals surface area (Å²) < 4.78 is 44.4. The molecule has 1 fully saturated rings. The highest BCUT2D eigenvalue weighted by Crippen LogP contribution is 2.14. The highest BCUT2D eigenvalue weighted by atomic mass is 19.4. The summed E-state index contributed by atoms with van der Waals surface area (Å²) in [6, 6.07) is 0. The van der Waals surface area contributed by atoms with Gasteiger partial charge in [-0.2, -0.15) is 13.2 Å². The Hall–Kier alpha value is -0.820. The van der Waals surface area contributed by atoms with Crippen molar-refractivity contribution in [3.63, 3.8) is 0 Å². The van der Waals surface area contributed by atoms with Crippen LogP contribution in [0.15, 0.2) is 0 Å². The Morgan fingerprint density at radius 1 is 1.50 bits per heavy atom. The average Bonchev–Trinajstić information content (AvgIpc) is 2.65. The van der Waals surface area contributed by atoms with E-state index in [4.69, 9.17) is 4.74 Å². The molecule has 94 valence electrons. The van der Waals surface area contributed by atoms with Crippen LogP contribution < -0.4 is 5.32 Å². The maximum absolute atomic E-state index is 11.7. The lowest BCUT2D eigenvalue weighted by Gasteiger charge is -2.11. The van der Waals surface area contributed by atoms with E-state index in [1.165, 1.54) is 0 Å². The van der Waals surface area contributed by atoms with E-state index in [1.54, 1.807) is 0 Å². The van der Waals surface area contributed by atoms with Crippen LogP contribution in [0.25, 0.3) is 0 Å². The maximum Gasteiger partial charge on any atom is 0.411 e. The molecular formula is C9H14F3NO3. The minimum atomic E-state index is -4.39. The quantitative estimate of drug-likeness (QED) is 0.776. The Bertz CT molecular complexity index is 227. The second kappa shape index (κ2) is 6.05. The van der Waals surface area contributed by atoms with Gasteiger partial charge in [0.1, 0.15) is 13.2 Å². The lowest BCUT2D eigenvalue weighted by atomic mass is 10.2. The topological polar surface area (TPSA) is 47.6 Å². The first kappa shape index (κ1) is 13.2. The van der Waals surface area contributed by atoms with E-state index in [1.807, 2.05) is 0 Å². The van der Waals surface area contributed by atoms with Crippen molar-refractivity contribution in [1.29, 1.82) is 0 Å². The van der Waals surface area contributed by atoms with Gasteiger partial charge in [0.15, 0.2) is 0 Å². The van der Waals surface area contributed by atoms with Gasteiger partial charge in [0.05, 0.1) is 6.10 Å². The van der Waals surface area contributed by atoms with Crippen LogP contribution in [0.1, 0.15) is 12.8 Å². The number of hydrogen-bond donors (Lipinski definition) is 1. The van der Waals surface area contributed by atoms with E-state index in [-0.39, 0.29) is 6.10 Å². The Morgan fingerprint density at radius 2 is 2.25 bits per heavy atom. The zero-order valence-corrected chi connectivity index (χ0v) is 8.68. The largest absolute Gasteiger partial charge is 0.411 e. The normalized spacial score (nSPS) is 21.1. The summed E-state index contributed by atoms with van der Waals surface area (Å²) in [5, 5.41) is 2.45. The molecular weight excluding hydrogens is 227 g/mol. The summed E-state index contributed by atoms with van der Waals surface area (Å²) in [5.74, 6) is -0.556. The molecule has 0 radical (unpaired) electrons. The first-order valence-electron chi connectivity index (χ1n) is 5.00. The first-order valence-corrected chi connectivity index (χ1v) is 5.00. The second-order valence-corrected chi connectivity index (χ2v) is 3.55. The second-order valence-electron chi connectivity index (χ2n) is 3.55. The number of hydrogen-bond acceptors (Lipinski definition) is 3. The summed E-state index contributed by atoms with van der Waals surface area (Å²) in [6.07, 6.45) is -2.60. The highest BCUT2D eigenvalue weighted by molar-refractivity contribution is 5.77. The van der Waals surface area contributed by atoms with Gasteiger partial charge in [-0.3, -0.25) is 4.79 Å². The van der Waals surface area contributed by atoms with Crippen LogP contribution in [0.2, 0.25) is 0 Å². The molecule has 0 unspecified atom stereocenters. The smallest absolute Gasteiger partial charge is 0.376 e. The molecule has 0 bridgehead atoms. The number of rotatable bonds is 5. The molecule has 0 spiro atoms. The van der Waals surface area contributed by atoms with Crippen molar-refractivity contribution in [1.82, 2.24) is 5.32 Å². The van der Waals surface area contributed by atoms with Gasteiger partial charge in [0, 0.05) is 13.2 Å². The summed E-state index contributed by atoms with van der Waals surface area (Å²) in [6.45, 7) is -0.980. The van der Waals surface area contributed by atoms with Crippen LogP contribution in [0.3, 0.4) is 0 Å². The average molecular weight is 241 g/mol. The van der Waals surface area contributed by atoms with Gasteiger partial charge in [-0.15, -0.1) is 0 Å². The van der Waals surface area contributed by atoms with Crippen molar-refractivity contribution in [3.05, 3.63) is 0 Å². The van der Waals surface area contributed by atoms with E-state index in [2.05, 4.69) is 10.1 Å². The predicted molar refractivity (Wildman–Crippen MR) is 48.9 cm³/mol. The van der Waals surface area contributed by atoms with Crippen LogP contribution in [-0.2, 0) is 14.3 Å². The lowest BCUT2D eigenvalue weighted by molar-refractivity contribution is -0.175. The number of nitrogens with one attached hydrogen (secondary N) is 1. The summed E-state index contributed by atoms with van der Waals surface area (Å²) in [4.78, 5) is 11.0. The van der Waals surface area contributed by atoms with Gasteiger partial charge in [-0.25, -0.2) is 0 Å². The van der Waals surface area contributed by atoms with Gasteiger partial charge in [0.2, 0.25) is 5.91 Å². The third kappa shape index (κ3) is 5.92. The Morgan fingerprint density at radius 3 is 2.81 bits per heavy atom. The minimum absolute atomic E-state index is 0.0217. The van der Waals surface area contributed by atoms with Gasteiger partial charge in [0.25, 0.3) is 0 Å². The molecule has 1 amide bonds. The van der Waals surface area contributed by atoms with Crippen LogP contribution in [-0.4, -0.2) is 44.6 Å². The molecule has 16 heavy (non-hydrogen) atoms. The molecule has 4 nitrogen and oxygen atoms in total. The van der Waals surface area contributed by atoms with Crippen LogP contribution >= 0.6 is 0 Å². The molecule has 1 aliphatic heterocycles. The fourth-order valence-corrected chi connectivity index (χ4v) is 1.34. The van der Waals surface area contributed by atoms with Crippen molar-refractivity contribution in [2.75, 3.05) is 26.4 Å². The molecule has 1 heterocycles. The molecule has 0 aromatic heterocycles. The van der Waals surface area contributed by atoms with Crippen molar-refractivity contribution < 1.29 is 27.4 Å². The standard InChI is InChI=1S/C9H14F3NO3/c10-9(11,12)6-15-5-8(14)13-4-7-2-1-3-16-7/h7H,1-6H2,(H,13,14)/t7-/m1/s1. The predicted octanol–water partition coefficient (Wildman–Crippen LogP) is 0.861. The summed E-state index contributed by atoms with van der Waals surface area (Å²) in [7, 11) is 0. The van der Waals surface area contributed by atoms with Crippen molar-refractivity contribution in [2.24, 2.45) is 0 Å². The molecule has 1 aliphatic rings. The SMILES string of the molecule is O=C(COCC(F)(F)F)NC[C@H]1CCCO1. The van der Waals surface area contributed by atoms with Crippen LogP contribution in [0, 0.1) is 0 Å². The van der Waals surface area contributed by atoms with Crippen molar-refractivity contribution in [2.45, 2.75) is 25.1 Å². The molecule has 0 aliphatic carbocycles. The molecule has 0 saturated carbocycles. The zero-order valence-electron chi connectivity index (χ0n) is 8.68. The first-order chi connectivity index (χ1) is 7.47. The molecule has 0 aromatic carbocycles. The zero-order chi connectivity index (χ0) is 12.0. The number of carbonyl (C=O) groups is 1. The van der Waals surface area contributed by atoms with E-state index in [0.717, 1.165) is 12.8 Å². The van der Waals surface area contributed by atoms with E-state index in [9.17, 15) is 18.0 Å². The number of carbonyl (C=O) groups excluding carboxylic acids is 1. The van der Waals surface area contributed by atoms with Crippen LogP contribution in [0.4, 0.5) is 13.2 Å². The van der Waals surface area contributed by atoms with Crippen LogP contribution in [0.5, 0.6) is 0 Å². The van der Waals surface area contributed by atoms with Gasteiger partial charge in [-0.1, -0.05) is 0 Å². The van der Waals surface area contributed by atoms with E-state index < -0.39 is 25.3 Å². The highest BCUT2D eigenvalue weighted by Gasteiger charge is 2.27. The van der Waals surface area contributed by atoms with E-state index >= 15 is 0 Å². The van der Waals surface area contributed by atoms with E-state index in [0.29, 0.717) is 13.2 Å². The van der Waals surface area contributed by atoms with Gasteiger partial charge < -0.3 is 14.8 Å². The molecule has 1 rings (SSSR count). The molecule has 0 aromatic rings. The Labute approximate surface area is 91.1 Å². The third-order valence-corrected chi connectivity index (χ3v) is 2.05. The Kier molecular flexibility index (Phi) is 5.01. The Balaban J connectivity index is 2.02. The number of halogens is 3. The van der Waals surface area contributed by atoms with Gasteiger partial charge in [-0.05, 0) is 12.8 Å². The summed E-state index contributed by atoms with van der Waals surface area (Å²) >= 11 is 0. The summed E-state index contributed by atoms with van der Waals surface area (Å²) in [5.41, 5.74) is 0. The lowest BCUT2D eigenvalue weighted by Crippen LogP contribution is -2.35. The van der Waals surface area contributed by atoms with Crippen molar-refractivity contribution >= 4 is 5.91 Å². The maximum atomic E-state index is 11.7. The van der Waals surface area contributed by atoms with Crippen molar-refractivity contribution in [3.8, 4) is 0 Å². The number of amides is 1. The minimum Gasteiger partial charge on any atom is -0.376 e. The fraction of sp³-hybridized carbons (Fsp3) is 0.889. The molecule has 7 heteroatoms.